The van der Waals surface area contributed by atoms with Gasteiger partial charge in [-0.05, 0) is 18.4 Å². The molecule has 2 aromatic carbocycles. The molecule has 2 aliphatic carbocycles. The summed E-state index contributed by atoms with van der Waals surface area (Å²) in [5.74, 6) is -2.80. The topological polar surface area (TPSA) is 177 Å². The molecular weight excluding hydrogens is 530 g/mol. The van der Waals surface area contributed by atoms with Gasteiger partial charge in [-0.3, -0.25) is 14.4 Å². The lowest BCUT2D eigenvalue weighted by molar-refractivity contribution is -0.241. The Labute approximate surface area is 238 Å². The van der Waals surface area contributed by atoms with E-state index >= 15 is 0 Å². The Kier molecular flexibility index (Phi) is 7.59. The summed E-state index contributed by atoms with van der Waals surface area (Å²) >= 11 is 0. The Hall–Kier alpha value is -3.15. The average Bonchev–Trinajstić information content (AvgIpc) is 2.91. The van der Waals surface area contributed by atoms with Crippen LogP contribution in [0.3, 0.4) is 0 Å². The van der Waals surface area contributed by atoms with E-state index in [2.05, 4.69) is 13.8 Å². The second kappa shape index (κ2) is 10.6. The van der Waals surface area contributed by atoms with E-state index in [9.17, 15) is 34.8 Å². The van der Waals surface area contributed by atoms with E-state index in [1.165, 1.54) is 18.2 Å². The molecule has 0 radical (unpaired) electrons. The highest BCUT2D eigenvalue weighted by Crippen LogP contribution is 2.52. The third kappa shape index (κ3) is 4.58. The van der Waals surface area contributed by atoms with E-state index in [-0.39, 0.29) is 71.1 Å². The van der Waals surface area contributed by atoms with Crippen molar-refractivity contribution in [1.29, 1.82) is 0 Å². The van der Waals surface area contributed by atoms with Crippen LogP contribution in [-0.4, -0.2) is 61.8 Å². The van der Waals surface area contributed by atoms with Gasteiger partial charge in [0.1, 0.15) is 17.1 Å². The fourth-order valence-electron chi connectivity index (χ4n) is 7.06. The first kappa shape index (κ1) is 29.3. The van der Waals surface area contributed by atoms with Gasteiger partial charge in [0, 0.05) is 59.9 Å². The summed E-state index contributed by atoms with van der Waals surface area (Å²) < 4.78 is 12.4. The molecule has 0 bridgehead atoms. The number of aliphatic hydroxyl groups is 2. The fourth-order valence-corrected chi connectivity index (χ4v) is 7.06. The summed E-state index contributed by atoms with van der Waals surface area (Å²) in [7, 11) is 0. The van der Waals surface area contributed by atoms with Crippen LogP contribution in [0.1, 0.15) is 102 Å². The Morgan fingerprint density at radius 2 is 1.83 bits per heavy atom. The van der Waals surface area contributed by atoms with E-state index in [4.69, 9.17) is 15.2 Å². The number of ketones is 3. The Morgan fingerprint density at radius 3 is 2.44 bits per heavy atom. The molecule has 1 heterocycles. The van der Waals surface area contributed by atoms with Crippen LogP contribution in [0, 0.1) is 11.8 Å². The fraction of sp³-hybridized carbons (Fsp3) is 0.516. The maximum Gasteiger partial charge on any atom is 0.198 e. The minimum Gasteiger partial charge on any atom is -0.507 e. The summed E-state index contributed by atoms with van der Waals surface area (Å²) in [4.78, 5) is 40.3. The van der Waals surface area contributed by atoms with Crippen molar-refractivity contribution in [1.82, 2.24) is 0 Å². The van der Waals surface area contributed by atoms with Crippen LogP contribution in [0.2, 0.25) is 0 Å². The van der Waals surface area contributed by atoms with Crippen molar-refractivity contribution in [3.05, 3.63) is 57.1 Å². The van der Waals surface area contributed by atoms with Gasteiger partial charge in [0.2, 0.25) is 0 Å². The number of hydrogen-bond donors (Lipinski definition) is 5. The van der Waals surface area contributed by atoms with Crippen LogP contribution < -0.4 is 5.73 Å². The van der Waals surface area contributed by atoms with Gasteiger partial charge in [-0.25, -0.2) is 0 Å². The van der Waals surface area contributed by atoms with Crippen LogP contribution in [0.4, 0.5) is 0 Å². The normalized spacial score (nSPS) is 29.2. The van der Waals surface area contributed by atoms with Crippen molar-refractivity contribution in [3.8, 4) is 11.5 Å². The highest BCUT2D eigenvalue weighted by Gasteiger charge is 2.50. The van der Waals surface area contributed by atoms with Gasteiger partial charge < -0.3 is 35.6 Å². The molecule has 6 N–H and O–H groups in total. The molecule has 0 spiro atoms. The van der Waals surface area contributed by atoms with E-state index in [0.29, 0.717) is 6.42 Å². The molecule has 1 unspecified atom stereocenters. The van der Waals surface area contributed by atoms with Crippen LogP contribution in [0.25, 0.3) is 0 Å². The molecule has 10 heteroatoms. The van der Waals surface area contributed by atoms with E-state index in [1.807, 2.05) is 6.92 Å². The molecule has 6 atom stereocenters. The molecular formula is C31H37NO9. The van der Waals surface area contributed by atoms with E-state index < -0.39 is 64.6 Å². The van der Waals surface area contributed by atoms with Gasteiger partial charge in [0.25, 0.3) is 0 Å². The molecule has 220 valence electrons. The zero-order valence-electron chi connectivity index (χ0n) is 23.6. The molecule has 1 saturated heterocycles. The lowest BCUT2D eigenvalue weighted by atomic mass is 9.71. The lowest BCUT2D eigenvalue weighted by Crippen LogP contribution is -2.51. The van der Waals surface area contributed by atoms with Gasteiger partial charge in [-0.15, -0.1) is 0 Å². The van der Waals surface area contributed by atoms with Gasteiger partial charge in [0.05, 0.1) is 29.9 Å². The summed E-state index contributed by atoms with van der Waals surface area (Å²) in [5.41, 5.74) is 3.80. The van der Waals surface area contributed by atoms with Crippen molar-refractivity contribution in [3.63, 3.8) is 0 Å². The number of aliphatic hydroxyl groups excluding tert-OH is 1. The summed E-state index contributed by atoms with van der Waals surface area (Å²) in [5, 5.41) is 44.4. The molecule has 0 aromatic heterocycles. The minimum atomic E-state index is -1.96. The molecule has 10 nitrogen and oxygen atoms in total. The standard InChI is InChI=1S/C31H37NO9/c1-5-20(34)31(39)10-17-24(19(11-31)41-21-9-18(32)22(13(2)3)14(4)40-21)30(38)26-25(28(17)36)27(35)16-8-6-7-15(12-33)23(16)29(26)37/h6-8,13-14,18-19,21-22,33,36,38-39H,5,9-12,32H2,1-4H3/t14?,18-,19+,21+,22+,31+/m1/s1. The Bertz CT molecular complexity index is 1420. The van der Waals surface area contributed by atoms with Gasteiger partial charge in [-0.2, -0.15) is 0 Å². The largest absolute Gasteiger partial charge is 0.507 e. The number of fused-ring (bicyclic) bond motifs is 3. The number of Topliss-reactive ketones (excluding diaryl/α,β-unsaturated/α-hetero) is 1. The number of nitrogens with two attached hydrogens (primary N) is 1. The van der Waals surface area contributed by atoms with Gasteiger partial charge in [0.15, 0.2) is 23.6 Å². The number of ether oxygens (including phenoxy) is 2. The molecule has 1 fully saturated rings. The van der Waals surface area contributed by atoms with Crippen molar-refractivity contribution < 1.29 is 44.3 Å². The number of phenolic OH excluding ortho intramolecular Hbond substituents is 2. The number of carbonyl (C=O) groups excluding carboxylic acids is 3. The number of carbonyl (C=O) groups is 3. The first-order valence-corrected chi connectivity index (χ1v) is 14.1. The molecule has 0 saturated carbocycles. The second-order valence-electron chi connectivity index (χ2n) is 11.8. The first-order valence-electron chi connectivity index (χ1n) is 14.1. The van der Waals surface area contributed by atoms with Crippen molar-refractivity contribution in [2.45, 2.75) is 90.1 Å². The van der Waals surface area contributed by atoms with Crippen LogP contribution in [-0.2, 0) is 27.3 Å². The molecule has 0 amide bonds. The highest BCUT2D eigenvalue weighted by molar-refractivity contribution is 6.31. The molecule has 2 aromatic rings. The van der Waals surface area contributed by atoms with Gasteiger partial charge in [-0.1, -0.05) is 39.0 Å². The lowest BCUT2D eigenvalue weighted by Gasteiger charge is -2.44. The zero-order valence-corrected chi connectivity index (χ0v) is 23.6. The Balaban J connectivity index is 1.65. The predicted molar refractivity (Wildman–Crippen MR) is 147 cm³/mol. The quantitative estimate of drug-likeness (QED) is 0.278. The van der Waals surface area contributed by atoms with Crippen molar-refractivity contribution in [2.75, 3.05) is 0 Å². The molecule has 1 aliphatic heterocycles. The number of aromatic hydroxyl groups is 2. The third-order valence-corrected chi connectivity index (χ3v) is 8.94. The smallest absolute Gasteiger partial charge is 0.198 e. The van der Waals surface area contributed by atoms with E-state index in [1.54, 1.807) is 6.92 Å². The number of phenols is 2. The molecule has 5 rings (SSSR count). The summed E-state index contributed by atoms with van der Waals surface area (Å²) in [6.45, 7) is 7.10. The van der Waals surface area contributed by atoms with Crippen LogP contribution >= 0.6 is 0 Å². The SMILES string of the molecule is CCC(=O)[C@]1(O)Cc2c(O)c3c(c(O)c2[C@@H](O[C@H]2C[C@@H](N)[C@@H](C(C)C)C(C)O2)C1)C(=O)c1c(CO)cccc1C3=O. The average molecular weight is 568 g/mol. The summed E-state index contributed by atoms with van der Waals surface area (Å²) in [6.07, 6.45) is -2.64. The first-order chi connectivity index (χ1) is 19.3. The van der Waals surface area contributed by atoms with Crippen molar-refractivity contribution in [2.24, 2.45) is 17.6 Å². The maximum atomic E-state index is 13.7. The van der Waals surface area contributed by atoms with Crippen LogP contribution in [0.15, 0.2) is 18.2 Å². The highest BCUT2D eigenvalue weighted by atomic mass is 16.7. The molecule has 41 heavy (non-hydrogen) atoms. The number of rotatable bonds is 6. The number of hydrogen-bond acceptors (Lipinski definition) is 10. The molecule has 3 aliphatic rings. The third-order valence-electron chi connectivity index (χ3n) is 8.94. The summed E-state index contributed by atoms with van der Waals surface area (Å²) in [6, 6.07) is 4.16. The second-order valence-corrected chi connectivity index (χ2v) is 11.8. The predicted octanol–water partition coefficient (Wildman–Crippen LogP) is 2.81. The van der Waals surface area contributed by atoms with Gasteiger partial charge >= 0.3 is 0 Å². The Morgan fingerprint density at radius 1 is 1.15 bits per heavy atom. The zero-order chi connectivity index (χ0) is 30.0. The van der Waals surface area contributed by atoms with Crippen LogP contribution in [0.5, 0.6) is 11.5 Å². The maximum absolute atomic E-state index is 13.7. The monoisotopic (exact) mass is 567 g/mol. The van der Waals surface area contributed by atoms with E-state index in [0.717, 1.165) is 0 Å². The number of benzene rings is 2. The minimum absolute atomic E-state index is 0.00285. The van der Waals surface area contributed by atoms with Crippen molar-refractivity contribution >= 4 is 17.3 Å².